The third-order valence-electron chi connectivity index (χ3n) is 2.32. The standard InChI is InChI=1S/C12H19N3O3S/c1-3-18-8-4-5-9(13)10(6-8)19-11(7-17-2)12(16)15-14/h4-6,11H,3,7,13-14H2,1-2H3,(H,15,16). The Bertz CT molecular complexity index is 429. The predicted molar refractivity (Wildman–Crippen MR) is 75.9 cm³/mol. The van der Waals surface area contributed by atoms with Gasteiger partial charge in [-0.25, -0.2) is 5.84 Å². The number of nitrogens with two attached hydrogens (primary N) is 2. The van der Waals surface area contributed by atoms with Gasteiger partial charge in [-0.2, -0.15) is 0 Å². The Balaban J connectivity index is 2.88. The lowest BCUT2D eigenvalue weighted by molar-refractivity contribution is -0.121. The summed E-state index contributed by atoms with van der Waals surface area (Å²) in [6.45, 7) is 2.71. The summed E-state index contributed by atoms with van der Waals surface area (Å²) in [7, 11) is 1.53. The van der Waals surface area contributed by atoms with Crippen molar-refractivity contribution >= 4 is 23.4 Å². The van der Waals surface area contributed by atoms with Gasteiger partial charge in [0.05, 0.1) is 13.2 Å². The van der Waals surface area contributed by atoms with Crippen molar-refractivity contribution in [3.63, 3.8) is 0 Å². The summed E-state index contributed by atoms with van der Waals surface area (Å²) in [5, 5.41) is -0.464. The van der Waals surface area contributed by atoms with E-state index >= 15 is 0 Å². The first kappa shape index (κ1) is 15.6. The molecule has 1 aromatic rings. The molecule has 0 radical (unpaired) electrons. The van der Waals surface area contributed by atoms with E-state index in [0.29, 0.717) is 18.0 Å². The molecule has 0 aliphatic carbocycles. The van der Waals surface area contributed by atoms with Gasteiger partial charge in [0.2, 0.25) is 5.91 Å². The number of hydrogen-bond acceptors (Lipinski definition) is 6. The van der Waals surface area contributed by atoms with E-state index in [4.69, 9.17) is 21.1 Å². The quantitative estimate of drug-likeness (QED) is 0.225. The zero-order chi connectivity index (χ0) is 14.3. The second kappa shape index (κ2) is 7.88. The Labute approximate surface area is 116 Å². The lowest BCUT2D eigenvalue weighted by atomic mass is 10.3. The number of carbonyl (C=O) groups excluding carboxylic acids is 1. The SMILES string of the molecule is CCOc1ccc(N)c(SC(COC)C(=O)NN)c1. The third-order valence-corrected chi connectivity index (χ3v) is 3.56. The average Bonchev–Trinajstić information content (AvgIpc) is 2.41. The number of nitrogen functional groups attached to an aromatic ring is 1. The minimum Gasteiger partial charge on any atom is -0.494 e. The molecule has 0 heterocycles. The van der Waals surface area contributed by atoms with E-state index in [2.05, 4.69) is 5.43 Å². The topological polar surface area (TPSA) is 99.6 Å². The van der Waals surface area contributed by atoms with Crippen LogP contribution in [0, 0.1) is 0 Å². The van der Waals surface area contributed by atoms with Crippen LogP contribution in [-0.4, -0.2) is 31.5 Å². The molecule has 19 heavy (non-hydrogen) atoms. The zero-order valence-corrected chi connectivity index (χ0v) is 11.8. The molecule has 1 amide bonds. The molecule has 0 saturated carbocycles. The van der Waals surface area contributed by atoms with Gasteiger partial charge in [-0.1, -0.05) is 0 Å². The van der Waals surface area contributed by atoms with E-state index in [9.17, 15) is 4.79 Å². The second-order valence-electron chi connectivity index (χ2n) is 3.70. The molecular formula is C12H19N3O3S. The van der Waals surface area contributed by atoms with Crippen LogP contribution in [0.4, 0.5) is 5.69 Å². The van der Waals surface area contributed by atoms with Crippen LogP contribution in [0.2, 0.25) is 0 Å². The van der Waals surface area contributed by atoms with E-state index < -0.39 is 5.25 Å². The van der Waals surface area contributed by atoms with Gasteiger partial charge < -0.3 is 15.2 Å². The van der Waals surface area contributed by atoms with Gasteiger partial charge in [-0.3, -0.25) is 10.2 Å². The van der Waals surface area contributed by atoms with E-state index in [1.807, 2.05) is 6.92 Å². The number of anilines is 1. The highest BCUT2D eigenvalue weighted by Crippen LogP contribution is 2.32. The number of hydrazine groups is 1. The molecular weight excluding hydrogens is 266 g/mol. The second-order valence-corrected chi connectivity index (χ2v) is 4.95. The summed E-state index contributed by atoms with van der Waals surface area (Å²) in [4.78, 5) is 12.4. The van der Waals surface area contributed by atoms with Crippen LogP contribution in [0.3, 0.4) is 0 Å². The molecule has 0 spiro atoms. The Morgan fingerprint density at radius 3 is 2.84 bits per heavy atom. The van der Waals surface area contributed by atoms with Crippen LogP contribution in [0.25, 0.3) is 0 Å². The van der Waals surface area contributed by atoms with Gasteiger partial charge in [-0.15, -0.1) is 11.8 Å². The fraction of sp³-hybridized carbons (Fsp3) is 0.417. The Morgan fingerprint density at radius 1 is 1.53 bits per heavy atom. The number of benzene rings is 1. The highest BCUT2D eigenvalue weighted by molar-refractivity contribution is 8.00. The van der Waals surface area contributed by atoms with Crippen molar-refractivity contribution in [2.24, 2.45) is 5.84 Å². The molecule has 0 aliphatic heterocycles. The van der Waals surface area contributed by atoms with Crippen LogP contribution in [0.15, 0.2) is 23.1 Å². The molecule has 0 aromatic heterocycles. The van der Waals surface area contributed by atoms with E-state index in [0.717, 1.165) is 4.90 Å². The molecule has 1 unspecified atom stereocenters. The largest absolute Gasteiger partial charge is 0.494 e. The predicted octanol–water partition coefficient (Wildman–Crippen LogP) is 0.765. The number of methoxy groups -OCH3 is 1. The Kier molecular flexibility index (Phi) is 6.48. The van der Waals surface area contributed by atoms with Gasteiger partial charge in [-0.05, 0) is 25.1 Å². The van der Waals surface area contributed by atoms with Gasteiger partial charge in [0.1, 0.15) is 11.0 Å². The van der Waals surface area contributed by atoms with Crippen molar-refractivity contribution in [1.29, 1.82) is 0 Å². The first-order chi connectivity index (χ1) is 9.12. The highest BCUT2D eigenvalue weighted by Gasteiger charge is 2.20. The van der Waals surface area contributed by atoms with Crippen molar-refractivity contribution in [3.8, 4) is 5.75 Å². The zero-order valence-electron chi connectivity index (χ0n) is 11.0. The number of amides is 1. The maximum Gasteiger partial charge on any atom is 0.249 e. The molecule has 6 nitrogen and oxygen atoms in total. The van der Waals surface area contributed by atoms with E-state index in [-0.39, 0.29) is 12.5 Å². The van der Waals surface area contributed by atoms with Crippen LogP contribution >= 0.6 is 11.8 Å². The number of ether oxygens (including phenoxy) is 2. The summed E-state index contributed by atoms with van der Waals surface area (Å²) >= 11 is 1.29. The lowest BCUT2D eigenvalue weighted by Gasteiger charge is -2.15. The van der Waals surface area contributed by atoms with Gasteiger partial charge >= 0.3 is 0 Å². The normalized spacial score (nSPS) is 11.9. The molecule has 7 heteroatoms. The summed E-state index contributed by atoms with van der Waals surface area (Å²) < 4.78 is 10.4. The van der Waals surface area contributed by atoms with Gasteiger partial charge in [0, 0.05) is 17.7 Å². The third kappa shape index (κ3) is 4.62. The van der Waals surface area contributed by atoms with Crippen molar-refractivity contribution in [3.05, 3.63) is 18.2 Å². The fourth-order valence-electron chi connectivity index (χ4n) is 1.43. The number of carbonyl (C=O) groups is 1. The summed E-state index contributed by atoms with van der Waals surface area (Å²) in [5.74, 6) is 5.55. The molecule has 0 bridgehead atoms. The van der Waals surface area contributed by atoms with Crippen molar-refractivity contribution in [2.75, 3.05) is 26.1 Å². The van der Waals surface area contributed by atoms with E-state index in [1.54, 1.807) is 18.2 Å². The minimum absolute atomic E-state index is 0.242. The first-order valence-electron chi connectivity index (χ1n) is 5.80. The van der Waals surface area contributed by atoms with Crippen molar-refractivity contribution in [2.45, 2.75) is 17.1 Å². The average molecular weight is 285 g/mol. The van der Waals surface area contributed by atoms with Crippen LogP contribution in [0.5, 0.6) is 5.75 Å². The van der Waals surface area contributed by atoms with Crippen molar-refractivity contribution < 1.29 is 14.3 Å². The Hall–Kier alpha value is -1.44. The number of nitrogens with one attached hydrogen (secondary N) is 1. The monoisotopic (exact) mass is 285 g/mol. The minimum atomic E-state index is -0.464. The summed E-state index contributed by atoms with van der Waals surface area (Å²) in [5.41, 5.74) is 8.59. The van der Waals surface area contributed by atoms with Gasteiger partial charge in [0.15, 0.2) is 0 Å². The molecule has 0 fully saturated rings. The molecule has 0 aliphatic rings. The number of thioether (sulfide) groups is 1. The van der Waals surface area contributed by atoms with E-state index in [1.165, 1.54) is 18.9 Å². The molecule has 5 N–H and O–H groups in total. The maximum atomic E-state index is 11.6. The molecule has 106 valence electrons. The van der Waals surface area contributed by atoms with Crippen LogP contribution < -0.4 is 21.7 Å². The first-order valence-corrected chi connectivity index (χ1v) is 6.68. The molecule has 1 rings (SSSR count). The van der Waals surface area contributed by atoms with Crippen LogP contribution in [-0.2, 0) is 9.53 Å². The lowest BCUT2D eigenvalue weighted by Crippen LogP contribution is -2.39. The van der Waals surface area contributed by atoms with Crippen LogP contribution in [0.1, 0.15) is 6.92 Å². The smallest absolute Gasteiger partial charge is 0.249 e. The number of hydrogen-bond donors (Lipinski definition) is 3. The van der Waals surface area contributed by atoms with Crippen molar-refractivity contribution in [1.82, 2.24) is 5.43 Å². The maximum absolute atomic E-state index is 11.6. The number of rotatable bonds is 7. The fourth-order valence-corrected chi connectivity index (χ4v) is 2.51. The Morgan fingerprint density at radius 2 is 2.26 bits per heavy atom. The summed E-state index contributed by atoms with van der Waals surface area (Å²) in [6.07, 6.45) is 0. The highest BCUT2D eigenvalue weighted by atomic mass is 32.2. The molecule has 1 aromatic carbocycles. The molecule has 1 atom stereocenters. The van der Waals surface area contributed by atoms with Gasteiger partial charge in [0.25, 0.3) is 0 Å². The molecule has 0 saturated heterocycles. The summed E-state index contributed by atoms with van der Waals surface area (Å²) in [6, 6.07) is 5.34.